The van der Waals surface area contributed by atoms with Gasteiger partial charge in [0.05, 0.1) is 17.7 Å². The molecule has 0 radical (unpaired) electrons. The third kappa shape index (κ3) is 4.30. The first-order chi connectivity index (χ1) is 13.4. The first-order valence-corrected chi connectivity index (χ1v) is 9.71. The average molecular weight is 407 g/mol. The van der Waals surface area contributed by atoms with E-state index < -0.39 is 12.5 Å². The predicted molar refractivity (Wildman–Crippen MR) is 99.7 cm³/mol. The second kappa shape index (κ2) is 8.39. The van der Waals surface area contributed by atoms with Crippen molar-refractivity contribution in [3.63, 3.8) is 0 Å². The van der Waals surface area contributed by atoms with Crippen LogP contribution in [0.15, 0.2) is 51.5 Å². The normalized spacial score (nSPS) is 11.5. The van der Waals surface area contributed by atoms with Crippen LogP contribution in [0.25, 0.3) is 0 Å². The van der Waals surface area contributed by atoms with Crippen LogP contribution in [0.1, 0.15) is 17.2 Å². The highest BCUT2D eigenvalue weighted by atomic mass is 31.2. The summed E-state index contributed by atoms with van der Waals surface area (Å²) in [4.78, 5) is 14.6. The molecule has 11 heteroatoms. The number of hydrogen-bond acceptors (Lipinski definition) is 9. The lowest BCUT2D eigenvalue weighted by Gasteiger charge is -2.11. The first kappa shape index (κ1) is 19.8. The van der Waals surface area contributed by atoms with Gasteiger partial charge in [0.1, 0.15) is 5.76 Å². The van der Waals surface area contributed by atoms with Gasteiger partial charge in [-0.15, -0.1) is 0 Å². The lowest BCUT2D eigenvalue weighted by atomic mass is 10.1. The summed E-state index contributed by atoms with van der Waals surface area (Å²) in [6, 6.07) is 9.50. The minimum atomic E-state index is -3.67. The van der Waals surface area contributed by atoms with E-state index in [2.05, 4.69) is 10.3 Å². The Kier molecular flexibility index (Phi) is 5.93. The Labute approximate surface area is 160 Å². The van der Waals surface area contributed by atoms with E-state index in [9.17, 15) is 14.7 Å². The number of nitro groups is 1. The number of nitrogens with one attached hydrogen (secondary N) is 1. The summed E-state index contributed by atoms with van der Waals surface area (Å²) in [5.74, 6) is 1.03. The maximum atomic E-state index is 12.8. The minimum absolute atomic E-state index is 0.0130. The number of oxazole rings is 1. The van der Waals surface area contributed by atoms with E-state index >= 15 is 0 Å². The number of nitro benzene ring substituents is 1. The van der Waals surface area contributed by atoms with Gasteiger partial charge in [-0.05, 0) is 17.7 Å². The van der Waals surface area contributed by atoms with Crippen molar-refractivity contribution < 1.29 is 27.4 Å². The standard InChI is InChI=1S/C17H18N3O7P/c1-24-28(23,25-2)17-16(18-11-14-4-3-9-26-14)27-15(19-17)10-12-5-7-13(8-6-12)20(21)22/h3-9,18H,10-11H2,1-2H3. The molecule has 3 rings (SSSR count). The molecule has 10 nitrogen and oxygen atoms in total. The Bertz CT molecular complexity index is 975. The molecular formula is C17H18N3O7P. The highest BCUT2D eigenvalue weighted by molar-refractivity contribution is 7.62. The Morgan fingerprint density at radius 1 is 1.21 bits per heavy atom. The van der Waals surface area contributed by atoms with E-state index in [0.29, 0.717) is 5.76 Å². The molecule has 1 N–H and O–H groups in total. The molecule has 1 aromatic carbocycles. The van der Waals surface area contributed by atoms with E-state index in [1.165, 1.54) is 32.6 Å². The molecule has 2 heterocycles. The monoisotopic (exact) mass is 407 g/mol. The van der Waals surface area contributed by atoms with Crippen molar-refractivity contribution in [1.82, 2.24) is 4.98 Å². The molecule has 28 heavy (non-hydrogen) atoms. The summed E-state index contributed by atoms with van der Waals surface area (Å²) in [6.07, 6.45) is 1.77. The van der Waals surface area contributed by atoms with E-state index in [1.807, 2.05) is 0 Å². The SMILES string of the molecule is COP(=O)(OC)c1nc(Cc2ccc([N+](=O)[O-])cc2)oc1NCc1ccco1. The quantitative estimate of drug-likeness (QED) is 0.322. The molecule has 0 saturated heterocycles. The molecule has 0 amide bonds. The molecule has 0 bridgehead atoms. The van der Waals surface area contributed by atoms with Crippen molar-refractivity contribution in [3.8, 4) is 0 Å². The Morgan fingerprint density at radius 3 is 2.50 bits per heavy atom. The second-order valence-electron chi connectivity index (χ2n) is 5.66. The Hall–Kier alpha value is -2.94. The fraction of sp³-hybridized carbons (Fsp3) is 0.235. The molecule has 0 saturated carbocycles. The minimum Gasteiger partial charge on any atom is -0.467 e. The number of non-ortho nitro benzene ring substituents is 1. The smallest absolute Gasteiger partial charge is 0.384 e. The van der Waals surface area contributed by atoms with Gasteiger partial charge in [0.15, 0.2) is 0 Å². The largest absolute Gasteiger partial charge is 0.467 e. The van der Waals surface area contributed by atoms with Gasteiger partial charge in [-0.25, -0.2) is 4.98 Å². The van der Waals surface area contributed by atoms with Crippen LogP contribution in [0, 0.1) is 10.1 Å². The van der Waals surface area contributed by atoms with Gasteiger partial charge in [0, 0.05) is 32.8 Å². The van der Waals surface area contributed by atoms with Crippen LogP contribution in [-0.2, 0) is 26.6 Å². The molecule has 0 fully saturated rings. The number of benzene rings is 1. The average Bonchev–Trinajstić information content (AvgIpc) is 3.36. The summed E-state index contributed by atoms with van der Waals surface area (Å²) >= 11 is 0. The van der Waals surface area contributed by atoms with Crippen LogP contribution in [0.5, 0.6) is 0 Å². The number of nitrogens with zero attached hydrogens (tertiary/aromatic N) is 2. The molecule has 0 atom stereocenters. The number of aromatic nitrogens is 1. The van der Waals surface area contributed by atoms with Crippen LogP contribution < -0.4 is 10.8 Å². The summed E-state index contributed by atoms with van der Waals surface area (Å²) in [5.41, 5.74) is 0.738. The third-order valence-corrected chi connectivity index (χ3v) is 5.68. The van der Waals surface area contributed by atoms with Crippen molar-refractivity contribution in [2.24, 2.45) is 0 Å². The fourth-order valence-corrected chi connectivity index (χ4v) is 3.57. The maximum Gasteiger partial charge on any atom is 0.384 e. The third-order valence-electron chi connectivity index (χ3n) is 3.90. The summed E-state index contributed by atoms with van der Waals surface area (Å²) in [5, 5.41) is 13.7. The van der Waals surface area contributed by atoms with Crippen molar-refractivity contribution in [2.45, 2.75) is 13.0 Å². The van der Waals surface area contributed by atoms with Gasteiger partial charge in [0.25, 0.3) is 5.69 Å². The molecule has 3 aromatic rings. The highest BCUT2D eigenvalue weighted by Gasteiger charge is 2.34. The Balaban J connectivity index is 1.86. The predicted octanol–water partition coefficient (Wildman–Crippen LogP) is 3.49. The van der Waals surface area contributed by atoms with E-state index in [4.69, 9.17) is 17.9 Å². The number of anilines is 1. The van der Waals surface area contributed by atoms with E-state index in [-0.39, 0.29) is 35.9 Å². The molecule has 2 aromatic heterocycles. The number of furan rings is 1. The molecule has 0 aliphatic rings. The zero-order valence-electron chi connectivity index (χ0n) is 15.2. The van der Waals surface area contributed by atoms with E-state index in [1.54, 1.807) is 24.3 Å². The van der Waals surface area contributed by atoms with Gasteiger partial charge in [-0.3, -0.25) is 14.7 Å². The van der Waals surface area contributed by atoms with Crippen LogP contribution >= 0.6 is 7.60 Å². The summed E-state index contributed by atoms with van der Waals surface area (Å²) < 4.78 is 33.8. The summed E-state index contributed by atoms with van der Waals surface area (Å²) in [6.45, 7) is 0.277. The van der Waals surface area contributed by atoms with E-state index in [0.717, 1.165) is 5.56 Å². The fourth-order valence-electron chi connectivity index (χ4n) is 2.47. The number of hydrogen-bond donors (Lipinski definition) is 1. The van der Waals surface area contributed by atoms with Gasteiger partial charge in [-0.1, -0.05) is 12.1 Å². The second-order valence-corrected chi connectivity index (χ2v) is 7.81. The van der Waals surface area contributed by atoms with Crippen molar-refractivity contribution in [3.05, 3.63) is 70.0 Å². The number of rotatable bonds is 9. The molecule has 0 aliphatic heterocycles. The molecule has 0 spiro atoms. The van der Waals surface area contributed by atoms with Crippen LogP contribution in [0.2, 0.25) is 0 Å². The van der Waals surface area contributed by atoms with Gasteiger partial charge in [-0.2, -0.15) is 0 Å². The van der Waals surface area contributed by atoms with Gasteiger partial charge >= 0.3 is 7.60 Å². The van der Waals surface area contributed by atoms with Gasteiger partial charge < -0.3 is 23.2 Å². The zero-order chi connectivity index (χ0) is 20.1. The van der Waals surface area contributed by atoms with Crippen molar-refractivity contribution in [2.75, 3.05) is 19.5 Å². The molecular weight excluding hydrogens is 389 g/mol. The highest BCUT2D eigenvalue weighted by Crippen LogP contribution is 2.47. The van der Waals surface area contributed by atoms with Gasteiger partial charge in [0.2, 0.25) is 17.2 Å². The maximum absolute atomic E-state index is 12.8. The van der Waals surface area contributed by atoms with Crippen LogP contribution in [0.3, 0.4) is 0 Å². The molecule has 0 aliphatic carbocycles. The van der Waals surface area contributed by atoms with Crippen molar-refractivity contribution in [1.29, 1.82) is 0 Å². The Morgan fingerprint density at radius 2 is 1.93 bits per heavy atom. The lowest BCUT2D eigenvalue weighted by Crippen LogP contribution is -2.15. The summed E-state index contributed by atoms with van der Waals surface area (Å²) in [7, 11) is -1.16. The molecule has 148 valence electrons. The molecule has 0 unspecified atom stereocenters. The first-order valence-electron chi connectivity index (χ1n) is 8.16. The lowest BCUT2D eigenvalue weighted by molar-refractivity contribution is -0.384. The van der Waals surface area contributed by atoms with Crippen molar-refractivity contribution >= 4 is 24.6 Å². The van der Waals surface area contributed by atoms with Crippen LogP contribution in [-0.4, -0.2) is 24.1 Å². The zero-order valence-corrected chi connectivity index (χ0v) is 16.0. The van der Waals surface area contributed by atoms with Crippen LogP contribution in [0.4, 0.5) is 11.6 Å². The topological polar surface area (TPSA) is 130 Å².